The minimum atomic E-state index is -4.50. The predicted octanol–water partition coefficient (Wildman–Crippen LogP) is 8.87. The molecule has 0 radical (unpaired) electrons. The first-order chi connectivity index (χ1) is 33.0. The van der Waals surface area contributed by atoms with Crippen LogP contribution in [0.15, 0.2) is 100 Å². The number of amides is 3. The SMILES string of the molecule is CCN1C(=CC=CC=CC2=[N+](CCCCCC(=O)NCC3(F)CC(C(=O)NCc4cccc(Cl)c4F)N(C(=O)OC(C)(C)C)C3)c3ccc(S(=O)(=O)O)cc3C2(C)C)C(C)(C)c2cc(S(=O)(=O)O)ccc21. The Labute approximate surface area is 420 Å². The number of anilines is 1. The van der Waals surface area contributed by atoms with Gasteiger partial charge in [-0.3, -0.25) is 23.6 Å². The van der Waals surface area contributed by atoms with Crippen molar-refractivity contribution in [2.24, 2.45) is 0 Å². The second-order valence-electron chi connectivity index (χ2n) is 20.1. The maximum atomic E-state index is 16.5. The first-order valence-electron chi connectivity index (χ1n) is 23.4. The van der Waals surface area contributed by atoms with E-state index in [0.717, 1.165) is 33.2 Å². The molecule has 2 unspecified atom stereocenters. The number of likely N-dealkylation sites (tertiary alicyclic amines) is 1. The summed E-state index contributed by atoms with van der Waals surface area (Å²) < 4.78 is 106. The van der Waals surface area contributed by atoms with Gasteiger partial charge in [0, 0.05) is 72.4 Å². The van der Waals surface area contributed by atoms with Crippen LogP contribution in [0.3, 0.4) is 0 Å². The normalized spacial score (nSPS) is 20.3. The number of hydrogen-bond donors (Lipinski definition) is 4. The number of benzene rings is 3. The van der Waals surface area contributed by atoms with Crippen LogP contribution in [0.5, 0.6) is 0 Å². The second-order valence-corrected chi connectivity index (χ2v) is 23.4. The Morgan fingerprint density at radius 2 is 1.56 bits per heavy atom. The summed E-state index contributed by atoms with van der Waals surface area (Å²) in [6.45, 7) is 14.6. The van der Waals surface area contributed by atoms with E-state index in [-0.39, 0.29) is 33.3 Å². The van der Waals surface area contributed by atoms with Crippen molar-refractivity contribution in [1.82, 2.24) is 15.5 Å². The van der Waals surface area contributed by atoms with Gasteiger partial charge in [0.25, 0.3) is 20.2 Å². The van der Waals surface area contributed by atoms with Crippen molar-refractivity contribution in [3.63, 3.8) is 0 Å². The third kappa shape index (κ3) is 12.4. The van der Waals surface area contributed by atoms with Gasteiger partial charge in [0.1, 0.15) is 29.7 Å². The van der Waals surface area contributed by atoms with Crippen LogP contribution in [-0.2, 0) is 51.9 Å². The number of carbonyl (C=O) groups excluding carboxylic acids is 3. The Morgan fingerprint density at radius 3 is 2.21 bits per heavy atom. The molecule has 3 aromatic rings. The van der Waals surface area contributed by atoms with Crippen LogP contribution in [0, 0.1) is 5.82 Å². The van der Waals surface area contributed by atoms with Crippen molar-refractivity contribution < 1.29 is 58.4 Å². The number of ether oxygens (including phenoxy) is 1. The van der Waals surface area contributed by atoms with Crippen molar-refractivity contribution in [2.75, 3.05) is 31.1 Å². The van der Waals surface area contributed by atoms with Crippen molar-refractivity contribution >= 4 is 66.8 Å². The average Bonchev–Trinajstić information content (AvgIpc) is 3.82. The molecule has 1 fully saturated rings. The van der Waals surface area contributed by atoms with Gasteiger partial charge in [0.15, 0.2) is 5.71 Å². The first kappa shape index (κ1) is 54.9. The largest absolute Gasteiger partial charge is 0.444 e. The van der Waals surface area contributed by atoms with Crippen LogP contribution in [0.2, 0.25) is 5.02 Å². The van der Waals surface area contributed by atoms with Gasteiger partial charge in [-0.2, -0.15) is 21.4 Å². The molecule has 0 aliphatic carbocycles. The Balaban J connectivity index is 1.10. The van der Waals surface area contributed by atoms with E-state index < -0.39 is 91.6 Å². The standard InChI is InChI=1S/C51H62ClF2N5O10S2/c1-9-57-39-24-22-34(70(63,64)65)27-36(39)49(5,6)42(57)19-12-10-13-20-43-50(7,8)37-28-35(71(66,67)68)23-25-40(37)58(43)26-15-11-14-21-44(60)56-31-51(54)29-41(59(32-51)47(62)69-48(2,3)4)46(61)55-30-33-17-16-18-38(52)45(33)53/h10,12-13,16-20,22-25,27-28,41H,9,11,14-15,21,26,29-32H2,1-8H3,(H3-,55,56,60,61,63,64,65,66,67,68)/p+1. The van der Waals surface area contributed by atoms with Gasteiger partial charge in [-0.15, -0.1) is 0 Å². The lowest BCUT2D eigenvalue weighted by Gasteiger charge is -2.28. The fourth-order valence-electron chi connectivity index (χ4n) is 9.44. The molecule has 2 atom stereocenters. The molecule has 0 aromatic heterocycles. The molecule has 4 N–H and O–H groups in total. The molecule has 384 valence electrons. The van der Waals surface area contributed by atoms with Crippen molar-refractivity contribution in [3.05, 3.63) is 118 Å². The summed E-state index contributed by atoms with van der Waals surface area (Å²) in [6, 6.07) is 12.1. The van der Waals surface area contributed by atoms with E-state index in [1.54, 1.807) is 32.9 Å². The second kappa shape index (κ2) is 20.9. The minimum absolute atomic E-state index is 0.0661. The fourth-order valence-corrected chi connectivity index (χ4v) is 10.7. The Bertz CT molecular complexity index is 2950. The number of unbranched alkanes of at least 4 members (excludes halogenated alkanes) is 2. The van der Waals surface area contributed by atoms with Gasteiger partial charge >= 0.3 is 6.09 Å². The monoisotopic (exact) mass is 1040 g/mol. The van der Waals surface area contributed by atoms with Crippen molar-refractivity contribution in [3.8, 4) is 0 Å². The summed E-state index contributed by atoms with van der Waals surface area (Å²) >= 11 is 5.88. The predicted molar refractivity (Wildman–Crippen MR) is 268 cm³/mol. The number of allylic oxidation sites excluding steroid dienone is 6. The molecule has 6 rings (SSSR count). The molecule has 20 heteroatoms. The number of alkyl halides is 1. The van der Waals surface area contributed by atoms with E-state index in [1.807, 2.05) is 65.0 Å². The summed E-state index contributed by atoms with van der Waals surface area (Å²) in [5.41, 5.74) is 0.523. The van der Waals surface area contributed by atoms with Crippen LogP contribution in [0.1, 0.15) is 104 Å². The highest BCUT2D eigenvalue weighted by atomic mass is 35.5. The van der Waals surface area contributed by atoms with Crippen LogP contribution in [0.4, 0.5) is 25.0 Å². The smallest absolute Gasteiger partial charge is 0.411 e. The van der Waals surface area contributed by atoms with E-state index in [0.29, 0.717) is 37.9 Å². The molecule has 0 spiro atoms. The number of nitrogens with one attached hydrogen (secondary N) is 2. The Kier molecular flexibility index (Phi) is 16.2. The van der Waals surface area contributed by atoms with Gasteiger partial charge in [-0.25, -0.2) is 13.6 Å². The van der Waals surface area contributed by atoms with Crippen molar-refractivity contribution in [1.29, 1.82) is 0 Å². The Hall–Kier alpha value is -5.47. The zero-order valence-corrected chi connectivity index (χ0v) is 43.6. The summed E-state index contributed by atoms with van der Waals surface area (Å²) in [6.07, 6.45) is 9.86. The van der Waals surface area contributed by atoms with E-state index >= 15 is 4.39 Å². The number of fused-ring (bicyclic) bond motifs is 2. The van der Waals surface area contributed by atoms with Crippen molar-refractivity contribution in [2.45, 2.75) is 132 Å². The van der Waals surface area contributed by atoms with Crippen LogP contribution >= 0.6 is 11.6 Å². The summed E-state index contributed by atoms with van der Waals surface area (Å²) in [5.74, 6) is -1.86. The minimum Gasteiger partial charge on any atom is -0.444 e. The molecule has 71 heavy (non-hydrogen) atoms. The zero-order chi connectivity index (χ0) is 52.5. The quantitative estimate of drug-likeness (QED) is 0.0435. The maximum absolute atomic E-state index is 16.5. The molecule has 3 aromatic carbocycles. The molecule has 3 heterocycles. The van der Waals surface area contributed by atoms with Gasteiger partial charge in [0.2, 0.25) is 17.5 Å². The lowest BCUT2D eigenvalue weighted by Crippen LogP contribution is -2.47. The molecule has 3 aliphatic rings. The third-order valence-electron chi connectivity index (χ3n) is 13.1. The average molecular weight is 1040 g/mol. The Morgan fingerprint density at radius 1 is 0.901 bits per heavy atom. The van der Waals surface area contributed by atoms with E-state index in [1.165, 1.54) is 42.5 Å². The van der Waals surface area contributed by atoms with Crippen LogP contribution in [0.25, 0.3) is 0 Å². The molecular formula is C51H63ClF2N5O10S2+. The highest BCUT2D eigenvalue weighted by Crippen LogP contribution is 2.48. The zero-order valence-electron chi connectivity index (χ0n) is 41.2. The number of hydrogen-bond acceptors (Lipinski definition) is 9. The summed E-state index contributed by atoms with van der Waals surface area (Å²) in [5, 5.41) is 5.07. The van der Waals surface area contributed by atoms with E-state index in [2.05, 4.69) is 20.1 Å². The number of likely N-dealkylation sites (N-methyl/N-ethyl adjacent to an activating group) is 1. The lowest BCUT2D eigenvalue weighted by atomic mass is 9.81. The molecule has 15 nitrogen and oxygen atoms in total. The first-order valence-corrected chi connectivity index (χ1v) is 26.6. The number of carbonyl (C=O) groups is 3. The van der Waals surface area contributed by atoms with E-state index in [9.17, 15) is 44.7 Å². The van der Waals surface area contributed by atoms with Crippen LogP contribution in [-0.4, -0.2) is 103 Å². The molecule has 0 saturated carbocycles. The van der Waals surface area contributed by atoms with E-state index in [4.69, 9.17) is 16.3 Å². The maximum Gasteiger partial charge on any atom is 0.411 e. The number of nitrogens with zero attached hydrogens (tertiary/aromatic N) is 3. The topological polar surface area (TPSA) is 203 Å². The number of rotatable bonds is 17. The molecule has 3 aliphatic heterocycles. The number of halogens is 3. The summed E-state index contributed by atoms with van der Waals surface area (Å²) in [7, 11) is -8.90. The summed E-state index contributed by atoms with van der Waals surface area (Å²) in [4.78, 5) is 42.4. The third-order valence-corrected chi connectivity index (χ3v) is 15.1. The molecule has 3 amide bonds. The van der Waals surface area contributed by atoms with Crippen LogP contribution < -0.4 is 15.5 Å². The lowest BCUT2D eigenvalue weighted by molar-refractivity contribution is -0.438. The molecule has 1 saturated heterocycles. The van der Waals surface area contributed by atoms with Gasteiger partial charge in [-0.05, 0) is 102 Å². The highest BCUT2D eigenvalue weighted by Gasteiger charge is 2.51. The van der Waals surface area contributed by atoms with Gasteiger partial charge < -0.3 is 20.3 Å². The highest BCUT2D eigenvalue weighted by molar-refractivity contribution is 7.86. The molecule has 0 bridgehead atoms. The fraction of sp³-hybridized carbons (Fsp3) is 0.451. The van der Waals surface area contributed by atoms with Gasteiger partial charge in [-0.1, -0.05) is 55.8 Å². The molecular weight excluding hydrogens is 980 g/mol. The van der Waals surface area contributed by atoms with Gasteiger partial charge in [0.05, 0.1) is 33.3 Å².